The van der Waals surface area contributed by atoms with Crippen LogP contribution < -0.4 is 15.5 Å². The third-order valence-electron chi connectivity index (χ3n) is 5.52. The van der Waals surface area contributed by atoms with Crippen molar-refractivity contribution in [3.8, 4) is 6.07 Å². The van der Waals surface area contributed by atoms with Crippen LogP contribution in [-0.4, -0.2) is 58.7 Å². The molecule has 2 N–H and O–H groups in total. The number of hydrogen-bond acceptors (Lipinski definition) is 9. The molecular weight excluding hydrogens is 474 g/mol. The number of para-hydroxylation sites is 1. The molecule has 0 atom stereocenters. The molecule has 0 saturated carbocycles. The van der Waals surface area contributed by atoms with Crippen LogP contribution in [0.15, 0.2) is 59.5 Å². The van der Waals surface area contributed by atoms with Crippen molar-refractivity contribution < 1.29 is 9.59 Å². The fourth-order valence-corrected chi connectivity index (χ4v) is 4.63. The average Bonchev–Trinajstić information content (AvgIpc) is 2.88. The summed E-state index contributed by atoms with van der Waals surface area (Å²) in [7, 11) is 0. The predicted octanol–water partition coefficient (Wildman–Crippen LogP) is 3.74. The molecule has 1 fully saturated rings. The Balaban J connectivity index is 1.31. The lowest BCUT2D eigenvalue weighted by atomic mass is 10.1. The summed E-state index contributed by atoms with van der Waals surface area (Å²) in [6, 6.07) is 18.6. The molecule has 9 nitrogen and oxygen atoms in total. The first kappa shape index (κ1) is 25.2. The van der Waals surface area contributed by atoms with Crippen molar-refractivity contribution in [2.24, 2.45) is 0 Å². The molecule has 1 amide bonds. The maximum absolute atomic E-state index is 12.8. The third-order valence-corrected chi connectivity index (χ3v) is 6.63. The van der Waals surface area contributed by atoms with E-state index in [2.05, 4.69) is 35.9 Å². The maximum atomic E-state index is 12.8. The van der Waals surface area contributed by atoms with Gasteiger partial charge in [0.1, 0.15) is 17.5 Å². The standard InChI is InChI=1S/C26H27N7O2S/c1-18-15-21(16-27)31-26(29-18)32-11-13-33(14-12-32)36-22-9-7-20(8-10-22)30-25(35)23-5-3-4-6-24(23)28-17-19(2)34/h3-10,15,28H,11-14,17H2,1-2H3,(H,30,35). The van der Waals surface area contributed by atoms with E-state index in [1.807, 2.05) is 37.3 Å². The fourth-order valence-electron chi connectivity index (χ4n) is 3.73. The van der Waals surface area contributed by atoms with Gasteiger partial charge in [0.25, 0.3) is 5.91 Å². The molecule has 0 aliphatic carbocycles. The van der Waals surface area contributed by atoms with E-state index in [1.165, 1.54) is 6.92 Å². The summed E-state index contributed by atoms with van der Waals surface area (Å²) in [5.41, 5.74) is 2.97. The van der Waals surface area contributed by atoms with Crippen molar-refractivity contribution in [1.82, 2.24) is 14.3 Å². The van der Waals surface area contributed by atoms with E-state index in [0.29, 0.717) is 28.6 Å². The van der Waals surface area contributed by atoms with Crippen LogP contribution in [-0.2, 0) is 4.79 Å². The number of aromatic nitrogens is 2. The Hall–Kier alpha value is -3.94. The van der Waals surface area contributed by atoms with E-state index >= 15 is 0 Å². The highest BCUT2D eigenvalue weighted by atomic mass is 32.2. The Bertz CT molecular complexity index is 1280. The van der Waals surface area contributed by atoms with E-state index in [-0.39, 0.29) is 18.2 Å². The first-order valence-corrected chi connectivity index (χ1v) is 12.4. The monoisotopic (exact) mass is 501 g/mol. The van der Waals surface area contributed by atoms with E-state index in [0.717, 1.165) is 36.8 Å². The molecule has 1 aliphatic heterocycles. The number of nitriles is 1. The highest BCUT2D eigenvalue weighted by Gasteiger charge is 2.20. The quantitative estimate of drug-likeness (QED) is 0.446. The van der Waals surface area contributed by atoms with Crippen LogP contribution >= 0.6 is 11.9 Å². The average molecular weight is 502 g/mol. The Labute approximate surface area is 214 Å². The number of anilines is 3. The third kappa shape index (κ3) is 6.59. The second-order valence-corrected chi connectivity index (χ2v) is 9.56. The van der Waals surface area contributed by atoms with Crippen LogP contribution in [0.3, 0.4) is 0 Å². The number of hydrogen-bond donors (Lipinski definition) is 2. The lowest BCUT2D eigenvalue weighted by Crippen LogP contribution is -2.44. The van der Waals surface area contributed by atoms with Crippen molar-refractivity contribution in [3.63, 3.8) is 0 Å². The van der Waals surface area contributed by atoms with Gasteiger partial charge in [-0.3, -0.25) is 9.59 Å². The van der Waals surface area contributed by atoms with Crippen molar-refractivity contribution in [1.29, 1.82) is 5.26 Å². The zero-order valence-corrected chi connectivity index (χ0v) is 21.0. The molecule has 0 bridgehead atoms. The van der Waals surface area contributed by atoms with Crippen molar-refractivity contribution in [3.05, 3.63) is 71.5 Å². The minimum Gasteiger partial charge on any atom is -0.377 e. The number of nitrogens with zero attached hydrogens (tertiary/aromatic N) is 5. The van der Waals surface area contributed by atoms with Gasteiger partial charge in [-0.1, -0.05) is 12.1 Å². The Kier molecular flexibility index (Phi) is 8.15. The zero-order chi connectivity index (χ0) is 25.5. The Morgan fingerprint density at radius 3 is 2.47 bits per heavy atom. The summed E-state index contributed by atoms with van der Waals surface area (Å²) in [4.78, 5) is 36.1. The van der Waals surface area contributed by atoms with Gasteiger partial charge in [-0.2, -0.15) is 5.26 Å². The smallest absolute Gasteiger partial charge is 0.257 e. The van der Waals surface area contributed by atoms with Gasteiger partial charge >= 0.3 is 0 Å². The molecule has 3 aromatic rings. The van der Waals surface area contributed by atoms with Gasteiger partial charge in [-0.05, 0) is 68.3 Å². The molecule has 0 unspecified atom stereocenters. The summed E-state index contributed by atoms with van der Waals surface area (Å²) in [6.45, 7) is 6.73. The molecule has 0 radical (unpaired) electrons. The van der Waals surface area contributed by atoms with Crippen LogP contribution in [0.2, 0.25) is 0 Å². The van der Waals surface area contributed by atoms with Crippen LogP contribution in [0.4, 0.5) is 17.3 Å². The molecule has 4 rings (SSSR count). The molecular formula is C26H27N7O2S. The van der Waals surface area contributed by atoms with Crippen LogP contribution in [0.25, 0.3) is 0 Å². The molecule has 2 heterocycles. The van der Waals surface area contributed by atoms with E-state index < -0.39 is 0 Å². The highest BCUT2D eigenvalue weighted by Crippen LogP contribution is 2.26. The van der Waals surface area contributed by atoms with Gasteiger partial charge in [0, 0.05) is 48.1 Å². The largest absolute Gasteiger partial charge is 0.377 e. The molecule has 1 aromatic heterocycles. The van der Waals surface area contributed by atoms with Gasteiger partial charge < -0.3 is 15.5 Å². The Morgan fingerprint density at radius 2 is 1.78 bits per heavy atom. The van der Waals surface area contributed by atoms with Crippen molar-refractivity contribution >= 4 is 41.0 Å². The minimum atomic E-state index is -0.240. The fraction of sp³-hybridized carbons (Fsp3) is 0.269. The number of ketones is 1. The second kappa shape index (κ2) is 11.7. The Morgan fingerprint density at radius 1 is 1.06 bits per heavy atom. The van der Waals surface area contributed by atoms with E-state index in [9.17, 15) is 9.59 Å². The number of rotatable bonds is 8. The van der Waals surface area contributed by atoms with Crippen LogP contribution in [0.1, 0.15) is 28.7 Å². The number of Topliss-reactive ketones (excluding diaryl/α,β-unsaturated/α-hetero) is 1. The van der Waals surface area contributed by atoms with Crippen LogP contribution in [0.5, 0.6) is 0 Å². The van der Waals surface area contributed by atoms with Gasteiger partial charge in [0.05, 0.1) is 12.1 Å². The number of carbonyl (C=O) groups is 2. The van der Waals surface area contributed by atoms with Crippen molar-refractivity contribution in [2.45, 2.75) is 18.7 Å². The maximum Gasteiger partial charge on any atom is 0.257 e. The normalized spacial score (nSPS) is 13.6. The highest BCUT2D eigenvalue weighted by molar-refractivity contribution is 7.97. The molecule has 1 aliphatic rings. The van der Waals surface area contributed by atoms with Crippen LogP contribution in [0, 0.1) is 18.3 Å². The zero-order valence-electron chi connectivity index (χ0n) is 20.2. The number of benzene rings is 2. The lowest BCUT2D eigenvalue weighted by Gasteiger charge is -2.33. The number of carbonyl (C=O) groups excluding carboxylic acids is 2. The molecule has 0 spiro atoms. The first-order valence-electron chi connectivity index (χ1n) is 11.6. The topological polar surface area (TPSA) is 114 Å². The molecule has 184 valence electrons. The number of nitrogens with one attached hydrogen (secondary N) is 2. The number of amides is 1. The van der Waals surface area contributed by atoms with Gasteiger partial charge in [0.15, 0.2) is 0 Å². The minimum absolute atomic E-state index is 0.00338. The van der Waals surface area contributed by atoms with E-state index in [4.69, 9.17) is 5.26 Å². The number of piperazine rings is 1. The summed E-state index contributed by atoms with van der Waals surface area (Å²) < 4.78 is 2.28. The lowest BCUT2D eigenvalue weighted by molar-refractivity contribution is -0.115. The first-order chi connectivity index (χ1) is 17.4. The molecule has 2 aromatic carbocycles. The summed E-state index contributed by atoms with van der Waals surface area (Å²) in [6.07, 6.45) is 0. The number of aryl methyl sites for hydroxylation is 1. The van der Waals surface area contributed by atoms with Gasteiger partial charge in [-0.25, -0.2) is 14.3 Å². The summed E-state index contributed by atoms with van der Waals surface area (Å²) >= 11 is 1.67. The molecule has 1 saturated heterocycles. The summed E-state index contributed by atoms with van der Waals surface area (Å²) in [5, 5.41) is 15.1. The van der Waals surface area contributed by atoms with Gasteiger partial charge in [0.2, 0.25) is 5.95 Å². The molecule has 10 heteroatoms. The molecule has 36 heavy (non-hydrogen) atoms. The van der Waals surface area contributed by atoms with Gasteiger partial charge in [-0.15, -0.1) is 0 Å². The second-order valence-electron chi connectivity index (χ2n) is 8.39. The van der Waals surface area contributed by atoms with E-state index in [1.54, 1.807) is 36.2 Å². The predicted molar refractivity (Wildman–Crippen MR) is 141 cm³/mol. The SMILES string of the molecule is CC(=O)CNc1ccccc1C(=O)Nc1ccc(SN2CCN(c3nc(C)cc(C#N)n3)CC2)cc1. The van der Waals surface area contributed by atoms with Crippen molar-refractivity contribution in [2.75, 3.05) is 48.3 Å². The summed E-state index contributed by atoms with van der Waals surface area (Å²) in [5.74, 6) is 0.363.